The molecule has 0 heterocycles. The second-order valence-electron chi connectivity index (χ2n) is 2.13. The fraction of sp³-hybridized carbons (Fsp3) is 0. The fourth-order valence-electron chi connectivity index (χ4n) is 0.745. The minimum absolute atomic E-state index is 0. The Morgan fingerprint density at radius 3 is 2.50 bits per heavy atom. The average molecular weight is 287 g/mol. The van der Waals surface area contributed by atoms with Gasteiger partial charge in [-0.15, -0.1) is 9.25 Å². The summed E-state index contributed by atoms with van der Waals surface area (Å²) in [6.45, 7) is 0. The summed E-state index contributed by atoms with van der Waals surface area (Å²) in [6.07, 6.45) is 0. The topological polar surface area (TPSA) is 81.9 Å². The molecule has 1 aromatic rings. The van der Waals surface area contributed by atoms with Gasteiger partial charge in [0.05, 0.1) is 10.6 Å². The molecule has 14 heavy (non-hydrogen) atoms. The van der Waals surface area contributed by atoms with Crippen molar-refractivity contribution in [3.8, 4) is 0 Å². The van der Waals surface area contributed by atoms with E-state index in [2.05, 4.69) is 25.4 Å². The van der Waals surface area contributed by atoms with Crippen LogP contribution in [-0.4, -0.2) is 13.0 Å². The quantitative estimate of drug-likeness (QED) is 0.397. The molecule has 0 saturated carbocycles. The van der Waals surface area contributed by atoms with Crippen LogP contribution in [0, 0.1) is 0 Å². The summed E-state index contributed by atoms with van der Waals surface area (Å²) in [5.74, 6) is 0. The van der Waals surface area contributed by atoms with Crippen LogP contribution in [0.2, 0.25) is 0 Å². The van der Waals surface area contributed by atoms with Crippen molar-refractivity contribution in [2.75, 3.05) is 0 Å². The van der Waals surface area contributed by atoms with E-state index in [9.17, 15) is 13.0 Å². The van der Waals surface area contributed by atoms with Gasteiger partial charge in [-0.1, -0.05) is 6.07 Å². The number of hydrogen-bond donors (Lipinski definition) is 0. The van der Waals surface area contributed by atoms with Crippen LogP contribution in [-0.2, 0) is 10.1 Å². The van der Waals surface area contributed by atoms with Gasteiger partial charge in [0, 0.05) is 0 Å². The van der Waals surface area contributed by atoms with Gasteiger partial charge in [-0.05, 0) is 18.2 Å². The minimum Gasteiger partial charge on any atom is -0.744 e. The van der Waals surface area contributed by atoms with Crippen molar-refractivity contribution in [1.29, 1.82) is 0 Å². The normalized spacial score (nSPS) is 11.3. The standard InChI is InChI=1S/C6H5BrN2O3S.Na/c7-9-8-5-2-1-3-6(4-5)13(10,11)12;/h1-4H,(H,10,11,12);/q;+1/p-1. The van der Waals surface area contributed by atoms with Crippen LogP contribution in [0.4, 0.5) is 5.69 Å². The van der Waals surface area contributed by atoms with Crippen molar-refractivity contribution in [3.05, 3.63) is 24.3 Å². The molecule has 1 aromatic carbocycles. The minimum atomic E-state index is -4.41. The van der Waals surface area contributed by atoms with Crippen LogP contribution in [0.5, 0.6) is 0 Å². The Balaban J connectivity index is 0.00000169. The van der Waals surface area contributed by atoms with E-state index in [0.29, 0.717) is 5.69 Å². The predicted molar refractivity (Wildman–Crippen MR) is 47.8 cm³/mol. The molecule has 5 nitrogen and oxygen atoms in total. The molecule has 0 atom stereocenters. The van der Waals surface area contributed by atoms with Gasteiger partial charge in [-0.2, -0.15) is 0 Å². The Kier molecular flexibility index (Phi) is 6.03. The van der Waals surface area contributed by atoms with Crippen LogP contribution in [0.1, 0.15) is 0 Å². The SMILES string of the molecule is O=S(=O)([O-])c1cccc(N=NBr)c1.[Na+]. The first kappa shape index (κ1) is 14.2. The van der Waals surface area contributed by atoms with Gasteiger partial charge in [0.2, 0.25) is 0 Å². The molecule has 0 aliphatic rings. The van der Waals surface area contributed by atoms with E-state index < -0.39 is 10.1 Å². The van der Waals surface area contributed by atoms with Crippen LogP contribution < -0.4 is 29.6 Å². The summed E-state index contributed by atoms with van der Waals surface area (Å²) in [7, 11) is -4.41. The molecule has 0 radical (unpaired) electrons. The van der Waals surface area contributed by atoms with Gasteiger partial charge in [-0.25, -0.2) is 8.42 Å². The maximum absolute atomic E-state index is 10.5. The van der Waals surface area contributed by atoms with Gasteiger partial charge in [-0.3, -0.25) is 0 Å². The number of halogens is 1. The zero-order chi connectivity index (χ0) is 9.90. The molecule has 70 valence electrons. The first-order valence-corrected chi connectivity index (χ1v) is 5.24. The monoisotopic (exact) mass is 286 g/mol. The molecule has 0 N–H and O–H groups in total. The zero-order valence-corrected chi connectivity index (χ0v) is 11.6. The third-order valence-electron chi connectivity index (χ3n) is 1.26. The Morgan fingerprint density at radius 1 is 1.36 bits per heavy atom. The second kappa shape index (κ2) is 5.94. The van der Waals surface area contributed by atoms with E-state index in [1.807, 2.05) is 0 Å². The predicted octanol–water partition coefficient (Wildman–Crippen LogP) is -1.01. The number of hydrogen-bond acceptors (Lipinski definition) is 5. The summed E-state index contributed by atoms with van der Waals surface area (Å²) in [5, 5.41) is 3.52. The molecule has 0 aliphatic heterocycles. The molecule has 0 spiro atoms. The first-order chi connectivity index (χ1) is 6.04. The van der Waals surface area contributed by atoms with Gasteiger partial charge in [0.25, 0.3) is 0 Å². The molecular weight excluding hydrogens is 283 g/mol. The molecule has 0 bridgehead atoms. The van der Waals surface area contributed by atoms with E-state index in [4.69, 9.17) is 0 Å². The largest absolute Gasteiger partial charge is 1.00 e. The zero-order valence-electron chi connectivity index (χ0n) is 7.21. The van der Waals surface area contributed by atoms with Crippen molar-refractivity contribution >= 4 is 32.0 Å². The van der Waals surface area contributed by atoms with Gasteiger partial charge in [0.15, 0.2) is 0 Å². The third kappa shape index (κ3) is 4.16. The van der Waals surface area contributed by atoms with Crippen molar-refractivity contribution in [3.63, 3.8) is 0 Å². The number of nitrogens with zero attached hydrogens (tertiary/aromatic N) is 2. The fourth-order valence-corrected chi connectivity index (χ4v) is 1.44. The van der Waals surface area contributed by atoms with Gasteiger partial charge in [0.1, 0.15) is 26.3 Å². The van der Waals surface area contributed by atoms with E-state index in [-0.39, 0.29) is 34.5 Å². The van der Waals surface area contributed by atoms with E-state index >= 15 is 0 Å². The van der Waals surface area contributed by atoms with Gasteiger partial charge < -0.3 is 4.55 Å². The third-order valence-corrected chi connectivity index (χ3v) is 2.25. The Labute approximate surface area is 112 Å². The Bertz CT molecular complexity index is 434. The summed E-state index contributed by atoms with van der Waals surface area (Å²) in [4.78, 5) is -0.315. The summed E-state index contributed by atoms with van der Waals surface area (Å²) in [5.41, 5.74) is 0.300. The van der Waals surface area contributed by atoms with E-state index in [1.54, 1.807) is 0 Å². The summed E-state index contributed by atoms with van der Waals surface area (Å²) in [6, 6.07) is 5.30. The van der Waals surface area contributed by atoms with Crippen LogP contribution in [0.15, 0.2) is 38.4 Å². The molecule has 0 aliphatic carbocycles. The van der Waals surface area contributed by atoms with Crippen molar-refractivity contribution in [1.82, 2.24) is 0 Å². The van der Waals surface area contributed by atoms with Crippen LogP contribution in [0.3, 0.4) is 0 Å². The molecule has 0 aromatic heterocycles. The maximum atomic E-state index is 10.5. The Hall–Kier alpha value is 0.210. The van der Waals surface area contributed by atoms with Crippen molar-refractivity contribution < 1.29 is 42.5 Å². The maximum Gasteiger partial charge on any atom is 1.00 e. The smallest absolute Gasteiger partial charge is 0.744 e. The Morgan fingerprint density at radius 2 is 2.00 bits per heavy atom. The molecule has 0 fully saturated rings. The van der Waals surface area contributed by atoms with E-state index in [0.717, 1.165) is 6.07 Å². The van der Waals surface area contributed by atoms with Crippen molar-refractivity contribution in [2.24, 2.45) is 9.25 Å². The van der Waals surface area contributed by atoms with E-state index in [1.165, 1.54) is 18.2 Å². The molecular formula is C6H4BrN2NaO3S. The second-order valence-corrected chi connectivity index (χ2v) is 3.82. The molecule has 1 rings (SSSR count). The number of rotatable bonds is 2. The van der Waals surface area contributed by atoms with Gasteiger partial charge >= 0.3 is 29.6 Å². The average Bonchev–Trinajstić information content (AvgIpc) is 2.04. The van der Waals surface area contributed by atoms with Crippen molar-refractivity contribution in [2.45, 2.75) is 4.90 Å². The van der Waals surface area contributed by atoms with Crippen LogP contribution >= 0.6 is 16.1 Å². The first-order valence-electron chi connectivity index (χ1n) is 3.12. The molecule has 0 amide bonds. The van der Waals surface area contributed by atoms with Crippen LogP contribution in [0.25, 0.3) is 0 Å². The molecule has 0 unspecified atom stereocenters. The molecule has 0 saturated heterocycles. The number of benzene rings is 1. The molecule has 8 heteroatoms. The summed E-state index contributed by atoms with van der Waals surface area (Å²) < 4.78 is 34.9. The summed E-state index contributed by atoms with van der Waals surface area (Å²) >= 11 is 2.69.